The summed E-state index contributed by atoms with van der Waals surface area (Å²) in [6, 6.07) is 5.54. The van der Waals surface area contributed by atoms with Crippen LogP contribution in [0.2, 0.25) is 0 Å². The number of hydrogen-bond acceptors (Lipinski definition) is 6. The van der Waals surface area contributed by atoms with Gasteiger partial charge in [0.2, 0.25) is 11.8 Å². The second-order valence-electron chi connectivity index (χ2n) is 7.75. The third-order valence-electron chi connectivity index (χ3n) is 5.70. The fraction of sp³-hybridized carbons (Fsp3) is 0.591. The Morgan fingerprint density at radius 3 is 2.86 bits per heavy atom. The molecule has 0 aromatic carbocycles. The van der Waals surface area contributed by atoms with Gasteiger partial charge in [0.15, 0.2) is 0 Å². The van der Waals surface area contributed by atoms with Crippen LogP contribution in [0.3, 0.4) is 0 Å². The Balaban J connectivity index is 1.69. The number of amides is 1. The van der Waals surface area contributed by atoms with Crippen molar-refractivity contribution in [2.75, 3.05) is 25.1 Å². The summed E-state index contributed by atoms with van der Waals surface area (Å²) >= 11 is 0. The fourth-order valence-corrected chi connectivity index (χ4v) is 4.08. The van der Waals surface area contributed by atoms with Gasteiger partial charge >= 0.3 is 0 Å². The molecule has 2 aromatic heterocycles. The van der Waals surface area contributed by atoms with Gasteiger partial charge in [0.1, 0.15) is 11.6 Å². The predicted molar refractivity (Wildman–Crippen MR) is 116 cm³/mol. The van der Waals surface area contributed by atoms with Crippen molar-refractivity contribution in [3.8, 4) is 5.88 Å². The standard InChI is InChI=1S/C22H33N5O2/c1-3-4-5-6-7-12-24-16-11-14-27(19(15-16)22(23)28)18-10-13-25-17-8-9-20(29-2)26-21(17)18/h8-10,13,16,19,24H,3-7,11-12,14-15H2,1-2H3,(H2,23,28). The van der Waals surface area contributed by atoms with Crippen molar-refractivity contribution in [1.29, 1.82) is 0 Å². The van der Waals surface area contributed by atoms with Gasteiger partial charge in [-0.1, -0.05) is 32.6 Å². The normalized spacial score (nSPS) is 19.4. The second kappa shape index (κ2) is 10.4. The number of nitrogens with one attached hydrogen (secondary N) is 1. The zero-order valence-corrected chi connectivity index (χ0v) is 17.6. The molecule has 3 rings (SSSR count). The third-order valence-corrected chi connectivity index (χ3v) is 5.70. The van der Waals surface area contributed by atoms with E-state index in [4.69, 9.17) is 10.5 Å². The van der Waals surface area contributed by atoms with Crippen LogP contribution < -0.4 is 20.7 Å². The van der Waals surface area contributed by atoms with Crippen LogP contribution in [-0.4, -0.2) is 48.2 Å². The number of carbonyl (C=O) groups is 1. The molecule has 2 atom stereocenters. The number of unbranched alkanes of at least 4 members (excludes halogenated alkanes) is 4. The molecule has 1 fully saturated rings. The molecule has 29 heavy (non-hydrogen) atoms. The number of anilines is 1. The number of piperidine rings is 1. The fourth-order valence-electron chi connectivity index (χ4n) is 4.08. The molecule has 2 aromatic rings. The third kappa shape index (κ3) is 5.35. The number of nitrogens with two attached hydrogens (primary N) is 1. The van der Waals surface area contributed by atoms with E-state index in [-0.39, 0.29) is 11.9 Å². The largest absolute Gasteiger partial charge is 0.481 e. The lowest BCUT2D eigenvalue weighted by Gasteiger charge is -2.39. The smallest absolute Gasteiger partial charge is 0.240 e. The summed E-state index contributed by atoms with van der Waals surface area (Å²) in [5.41, 5.74) is 8.20. The molecular weight excluding hydrogens is 366 g/mol. The zero-order chi connectivity index (χ0) is 20.6. The molecule has 1 aliphatic rings. The summed E-state index contributed by atoms with van der Waals surface area (Å²) < 4.78 is 5.28. The van der Waals surface area contributed by atoms with Crippen LogP contribution in [0, 0.1) is 0 Å². The number of pyridine rings is 2. The number of nitrogens with zero attached hydrogens (tertiary/aromatic N) is 3. The molecule has 0 aliphatic carbocycles. The van der Waals surface area contributed by atoms with E-state index in [1.165, 1.54) is 32.1 Å². The Hall–Kier alpha value is -2.41. The molecule has 3 heterocycles. The van der Waals surface area contributed by atoms with Crippen molar-refractivity contribution in [1.82, 2.24) is 15.3 Å². The summed E-state index contributed by atoms with van der Waals surface area (Å²) in [4.78, 5) is 23.3. The Morgan fingerprint density at radius 2 is 2.10 bits per heavy atom. The number of methoxy groups -OCH3 is 1. The number of carbonyl (C=O) groups excluding carboxylic acids is 1. The highest BCUT2D eigenvalue weighted by Crippen LogP contribution is 2.31. The van der Waals surface area contributed by atoms with Crippen molar-refractivity contribution in [3.63, 3.8) is 0 Å². The first-order chi connectivity index (χ1) is 14.1. The molecule has 1 saturated heterocycles. The van der Waals surface area contributed by atoms with Crippen LogP contribution in [0.5, 0.6) is 5.88 Å². The minimum atomic E-state index is -0.361. The average molecular weight is 400 g/mol. The van der Waals surface area contributed by atoms with Gasteiger partial charge in [-0.25, -0.2) is 4.98 Å². The van der Waals surface area contributed by atoms with Crippen LogP contribution in [0.4, 0.5) is 5.69 Å². The highest BCUT2D eigenvalue weighted by Gasteiger charge is 2.33. The van der Waals surface area contributed by atoms with E-state index in [1.807, 2.05) is 12.1 Å². The van der Waals surface area contributed by atoms with Crippen molar-refractivity contribution in [2.45, 2.75) is 64.0 Å². The first kappa shape index (κ1) is 21.3. The number of ether oxygens (including phenoxy) is 1. The molecule has 3 N–H and O–H groups in total. The van der Waals surface area contributed by atoms with E-state index < -0.39 is 0 Å². The van der Waals surface area contributed by atoms with Crippen molar-refractivity contribution in [2.24, 2.45) is 5.73 Å². The highest BCUT2D eigenvalue weighted by atomic mass is 16.5. The summed E-state index contributed by atoms with van der Waals surface area (Å²) in [6.07, 6.45) is 9.73. The van der Waals surface area contributed by atoms with Crippen LogP contribution in [0.1, 0.15) is 51.9 Å². The van der Waals surface area contributed by atoms with Crippen LogP contribution in [0.15, 0.2) is 24.4 Å². The first-order valence-electron chi connectivity index (χ1n) is 10.7. The van der Waals surface area contributed by atoms with E-state index in [9.17, 15) is 4.79 Å². The average Bonchev–Trinajstić information content (AvgIpc) is 2.75. The predicted octanol–water partition coefficient (Wildman–Crippen LogP) is 3.02. The minimum Gasteiger partial charge on any atom is -0.481 e. The topological polar surface area (TPSA) is 93.4 Å². The molecule has 1 aliphatic heterocycles. The second-order valence-corrected chi connectivity index (χ2v) is 7.75. The van der Waals surface area contributed by atoms with Gasteiger partial charge in [-0.3, -0.25) is 9.78 Å². The van der Waals surface area contributed by atoms with Crippen LogP contribution in [0.25, 0.3) is 11.0 Å². The van der Waals surface area contributed by atoms with Crippen molar-refractivity contribution >= 4 is 22.6 Å². The Bertz CT molecular complexity index is 813. The van der Waals surface area contributed by atoms with Gasteiger partial charge < -0.3 is 20.7 Å². The SMILES string of the molecule is CCCCCCCNC1CCN(c2ccnc3ccc(OC)nc23)C(C(N)=O)C1. The Labute approximate surface area is 173 Å². The number of primary amides is 1. The lowest BCUT2D eigenvalue weighted by molar-refractivity contribution is -0.119. The van der Waals surface area contributed by atoms with Crippen molar-refractivity contribution in [3.05, 3.63) is 24.4 Å². The highest BCUT2D eigenvalue weighted by molar-refractivity contribution is 5.92. The molecule has 7 heteroatoms. The maximum absolute atomic E-state index is 12.3. The molecule has 2 unspecified atom stereocenters. The quantitative estimate of drug-likeness (QED) is 0.597. The Morgan fingerprint density at radius 1 is 1.28 bits per heavy atom. The molecule has 1 amide bonds. The summed E-state index contributed by atoms with van der Waals surface area (Å²) in [6.45, 7) is 3.98. The van der Waals surface area contributed by atoms with Gasteiger partial charge in [-0.2, -0.15) is 0 Å². The van der Waals surface area contributed by atoms with Crippen LogP contribution in [-0.2, 0) is 4.79 Å². The van der Waals surface area contributed by atoms with Gasteiger partial charge in [-0.15, -0.1) is 0 Å². The van der Waals surface area contributed by atoms with Gasteiger partial charge in [0, 0.05) is 24.8 Å². The lowest BCUT2D eigenvalue weighted by Crippen LogP contribution is -2.54. The van der Waals surface area contributed by atoms with Gasteiger partial charge in [-0.05, 0) is 37.9 Å². The maximum atomic E-state index is 12.3. The summed E-state index contributed by atoms with van der Waals surface area (Å²) in [7, 11) is 1.59. The minimum absolute atomic E-state index is 0.299. The first-order valence-corrected chi connectivity index (χ1v) is 10.7. The molecule has 0 bridgehead atoms. The molecule has 0 saturated carbocycles. The van der Waals surface area contributed by atoms with E-state index in [0.29, 0.717) is 18.3 Å². The van der Waals surface area contributed by atoms with Crippen molar-refractivity contribution < 1.29 is 9.53 Å². The molecular formula is C22H33N5O2. The lowest BCUT2D eigenvalue weighted by atomic mass is 9.95. The van der Waals surface area contributed by atoms with E-state index in [0.717, 1.165) is 36.2 Å². The summed E-state index contributed by atoms with van der Waals surface area (Å²) in [5, 5.41) is 3.63. The monoisotopic (exact) mass is 399 g/mol. The number of rotatable bonds is 10. The molecule has 0 spiro atoms. The molecule has 7 nitrogen and oxygen atoms in total. The zero-order valence-electron chi connectivity index (χ0n) is 17.6. The number of aromatic nitrogens is 2. The van der Waals surface area contributed by atoms with Gasteiger partial charge in [0.25, 0.3) is 0 Å². The van der Waals surface area contributed by atoms with Crippen LogP contribution >= 0.6 is 0 Å². The number of hydrogen-bond donors (Lipinski definition) is 2. The summed E-state index contributed by atoms with van der Waals surface area (Å²) in [5.74, 6) is 0.231. The molecule has 0 radical (unpaired) electrons. The Kier molecular flexibility index (Phi) is 7.63. The van der Waals surface area contributed by atoms with E-state index >= 15 is 0 Å². The van der Waals surface area contributed by atoms with E-state index in [1.54, 1.807) is 19.4 Å². The van der Waals surface area contributed by atoms with Gasteiger partial charge in [0.05, 0.1) is 18.3 Å². The molecule has 158 valence electrons. The maximum Gasteiger partial charge on any atom is 0.240 e. The number of fused-ring (bicyclic) bond motifs is 1. The van der Waals surface area contributed by atoms with E-state index in [2.05, 4.69) is 27.1 Å².